The first-order valence-corrected chi connectivity index (χ1v) is 8.98. The van der Waals surface area contributed by atoms with Crippen molar-refractivity contribution < 1.29 is 41.6 Å². The molecule has 2 aromatic carbocycles. The zero-order chi connectivity index (χ0) is 22.9. The molecule has 1 aliphatic heterocycles. The predicted molar refractivity (Wildman–Crippen MR) is 97.9 cm³/mol. The Balaban J connectivity index is 1.47. The maximum atomic E-state index is 12.7. The maximum Gasteiger partial charge on any atom is 0.416 e. The molecule has 0 aliphatic carbocycles. The van der Waals surface area contributed by atoms with Crippen LogP contribution in [0, 0.1) is 10.1 Å². The van der Waals surface area contributed by atoms with Crippen LogP contribution in [0.4, 0.5) is 18.9 Å². The Morgan fingerprint density at radius 1 is 1.12 bits per heavy atom. The number of hydrogen-bond acceptors (Lipinski definition) is 9. The second-order valence-corrected chi connectivity index (χ2v) is 6.43. The number of fused-ring (bicyclic) bond motifs is 1. The molecule has 166 valence electrons. The van der Waals surface area contributed by atoms with E-state index in [1.165, 1.54) is 12.1 Å². The quantitative estimate of drug-likeness (QED) is 0.323. The number of benzene rings is 2. The number of rotatable bonds is 5. The van der Waals surface area contributed by atoms with Gasteiger partial charge in [0.05, 0.1) is 16.6 Å². The van der Waals surface area contributed by atoms with Gasteiger partial charge >= 0.3 is 12.1 Å². The van der Waals surface area contributed by atoms with Gasteiger partial charge in [-0.25, -0.2) is 4.79 Å². The van der Waals surface area contributed by atoms with Crippen molar-refractivity contribution >= 4 is 11.7 Å². The van der Waals surface area contributed by atoms with Crippen molar-refractivity contribution in [3.05, 3.63) is 63.5 Å². The average molecular weight is 451 g/mol. The fourth-order valence-electron chi connectivity index (χ4n) is 2.84. The van der Waals surface area contributed by atoms with E-state index in [-0.39, 0.29) is 47.6 Å². The fraction of sp³-hybridized carbons (Fsp3) is 0.211. The lowest BCUT2D eigenvalue weighted by Crippen LogP contribution is -2.17. The number of nitro benzene ring substituents is 1. The molecule has 0 saturated heterocycles. The topological polar surface area (TPSA) is 127 Å². The van der Waals surface area contributed by atoms with E-state index in [9.17, 15) is 28.1 Å². The highest BCUT2D eigenvalue weighted by Gasteiger charge is 2.30. The number of halogens is 3. The van der Waals surface area contributed by atoms with Gasteiger partial charge < -0.3 is 18.7 Å². The number of nitro groups is 1. The number of ether oxygens (including phenoxy) is 3. The highest BCUT2D eigenvalue weighted by molar-refractivity contribution is 5.95. The summed E-state index contributed by atoms with van der Waals surface area (Å²) in [7, 11) is 0. The number of esters is 1. The summed E-state index contributed by atoms with van der Waals surface area (Å²) in [4.78, 5) is 26.9. The highest BCUT2D eigenvalue weighted by atomic mass is 19.4. The van der Waals surface area contributed by atoms with Crippen molar-refractivity contribution in [3.8, 4) is 22.9 Å². The van der Waals surface area contributed by atoms with Crippen LogP contribution in [0.1, 0.15) is 21.8 Å². The van der Waals surface area contributed by atoms with Crippen LogP contribution in [0.3, 0.4) is 0 Å². The summed E-state index contributed by atoms with van der Waals surface area (Å²) in [5.74, 6) is -0.916. The largest absolute Gasteiger partial charge is 0.486 e. The summed E-state index contributed by atoms with van der Waals surface area (Å²) < 4.78 is 58.5. The van der Waals surface area contributed by atoms with E-state index in [4.69, 9.17) is 18.7 Å². The van der Waals surface area contributed by atoms with Gasteiger partial charge in [0.15, 0.2) is 18.1 Å². The Bertz CT molecular complexity index is 1180. The van der Waals surface area contributed by atoms with Gasteiger partial charge in [-0.2, -0.15) is 18.2 Å². The van der Waals surface area contributed by atoms with Crippen molar-refractivity contribution in [1.29, 1.82) is 0 Å². The van der Waals surface area contributed by atoms with Gasteiger partial charge in [-0.3, -0.25) is 10.1 Å². The molecule has 0 bridgehead atoms. The summed E-state index contributed by atoms with van der Waals surface area (Å²) in [5.41, 5.74) is -1.47. The lowest BCUT2D eigenvalue weighted by molar-refractivity contribution is -0.385. The van der Waals surface area contributed by atoms with Crippen LogP contribution in [-0.2, 0) is 17.5 Å². The first-order valence-electron chi connectivity index (χ1n) is 8.98. The minimum absolute atomic E-state index is 0.0184. The molecule has 0 saturated carbocycles. The van der Waals surface area contributed by atoms with Gasteiger partial charge in [-0.05, 0) is 12.1 Å². The van der Waals surface area contributed by atoms with Gasteiger partial charge in [-0.1, -0.05) is 17.3 Å². The molecule has 32 heavy (non-hydrogen) atoms. The second-order valence-electron chi connectivity index (χ2n) is 6.43. The molecule has 0 amide bonds. The maximum absolute atomic E-state index is 12.7. The summed E-state index contributed by atoms with van der Waals surface area (Å²) in [5, 5.41) is 15.0. The minimum Gasteiger partial charge on any atom is -0.486 e. The van der Waals surface area contributed by atoms with Crippen LogP contribution in [0.2, 0.25) is 0 Å². The fourth-order valence-corrected chi connectivity index (χ4v) is 2.84. The lowest BCUT2D eigenvalue weighted by atomic mass is 10.1. The predicted octanol–water partition coefficient (Wildman–Crippen LogP) is 3.79. The number of alkyl halides is 3. The SMILES string of the molecule is O=C(OCc1nc(-c2ccc(C(F)(F)F)cc2)no1)c1cc2c(cc1[N+](=O)[O-])OCCO2. The second kappa shape index (κ2) is 8.17. The number of aromatic nitrogens is 2. The molecule has 13 heteroatoms. The molecule has 1 aromatic heterocycles. The van der Waals surface area contributed by atoms with E-state index in [1.54, 1.807) is 0 Å². The van der Waals surface area contributed by atoms with Crippen molar-refractivity contribution in [2.75, 3.05) is 13.2 Å². The van der Waals surface area contributed by atoms with E-state index in [0.29, 0.717) is 0 Å². The third kappa shape index (κ3) is 4.31. The summed E-state index contributed by atoms with van der Waals surface area (Å²) in [6.07, 6.45) is -4.48. The molecule has 0 N–H and O–H groups in total. The molecule has 10 nitrogen and oxygen atoms in total. The van der Waals surface area contributed by atoms with E-state index >= 15 is 0 Å². The van der Waals surface area contributed by atoms with Crippen molar-refractivity contribution in [2.24, 2.45) is 0 Å². The number of nitrogens with zero attached hydrogens (tertiary/aromatic N) is 3. The average Bonchev–Trinajstić information content (AvgIpc) is 3.25. The smallest absolute Gasteiger partial charge is 0.416 e. The first-order chi connectivity index (χ1) is 15.2. The molecule has 4 rings (SSSR count). The molecule has 0 unspecified atom stereocenters. The lowest BCUT2D eigenvalue weighted by Gasteiger charge is -2.18. The molecule has 2 heterocycles. The van der Waals surface area contributed by atoms with Crippen LogP contribution in [0.15, 0.2) is 40.9 Å². The number of carbonyl (C=O) groups is 1. The zero-order valence-corrected chi connectivity index (χ0v) is 15.9. The van der Waals surface area contributed by atoms with E-state index in [1.807, 2.05) is 0 Å². The van der Waals surface area contributed by atoms with Gasteiger partial charge in [0.25, 0.3) is 11.6 Å². The molecule has 0 radical (unpaired) electrons. The van der Waals surface area contributed by atoms with Crippen LogP contribution in [-0.4, -0.2) is 34.2 Å². The van der Waals surface area contributed by atoms with Gasteiger partial charge in [-0.15, -0.1) is 0 Å². The van der Waals surface area contributed by atoms with Crippen molar-refractivity contribution in [1.82, 2.24) is 10.1 Å². The molecule has 0 atom stereocenters. The van der Waals surface area contributed by atoms with Gasteiger partial charge in [0, 0.05) is 11.6 Å². The molecule has 1 aliphatic rings. The molecule has 0 fully saturated rings. The molecular formula is C19H12F3N3O7. The van der Waals surface area contributed by atoms with Crippen LogP contribution < -0.4 is 9.47 Å². The van der Waals surface area contributed by atoms with Crippen LogP contribution in [0.5, 0.6) is 11.5 Å². The van der Waals surface area contributed by atoms with Crippen LogP contribution in [0.25, 0.3) is 11.4 Å². The summed E-state index contributed by atoms with van der Waals surface area (Å²) >= 11 is 0. The van der Waals surface area contributed by atoms with E-state index < -0.39 is 34.9 Å². The van der Waals surface area contributed by atoms with E-state index in [0.717, 1.165) is 24.3 Å². The highest BCUT2D eigenvalue weighted by Crippen LogP contribution is 2.37. The van der Waals surface area contributed by atoms with Gasteiger partial charge in [0.1, 0.15) is 18.8 Å². The Morgan fingerprint density at radius 2 is 1.78 bits per heavy atom. The Hall–Kier alpha value is -4.16. The number of hydrogen-bond donors (Lipinski definition) is 0. The summed E-state index contributed by atoms with van der Waals surface area (Å²) in [6, 6.07) is 6.29. The molecule has 0 spiro atoms. The normalized spacial score (nSPS) is 13.0. The Kier molecular flexibility index (Phi) is 5.38. The van der Waals surface area contributed by atoms with Crippen molar-refractivity contribution in [2.45, 2.75) is 12.8 Å². The van der Waals surface area contributed by atoms with E-state index in [2.05, 4.69) is 10.1 Å². The first kappa shape index (κ1) is 21.1. The Labute approximate surface area is 176 Å². The van der Waals surface area contributed by atoms with Gasteiger partial charge in [0.2, 0.25) is 5.82 Å². The molecule has 3 aromatic rings. The monoisotopic (exact) mass is 451 g/mol. The molecular weight excluding hydrogens is 439 g/mol. The third-order valence-electron chi connectivity index (χ3n) is 4.34. The Morgan fingerprint density at radius 3 is 2.41 bits per heavy atom. The van der Waals surface area contributed by atoms with Crippen molar-refractivity contribution in [3.63, 3.8) is 0 Å². The number of carbonyl (C=O) groups excluding carboxylic acids is 1. The standard InChI is InChI=1S/C19H12F3N3O7/c20-19(21,22)11-3-1-10(2-4-11)17-23-16(32-24-17)9-31-18(26)12-7-14-15(30-6-5-29-14)8-13(12)25(27)28/h1-4,7-8H,5-6,9H2. The zero-order valence-electron chi connectivity index (χ0n) is 15.9. The minimum atomic E-state index is -4.48. The third-order valence-corrected chi connectivity index (χ3v) is 4.34. The summed E-state index contributed by atoms with van der Waals surface area (Å²) in [6.45, 7) is -0.0849. The van der Waals surface area contributed by atoms with Crippen LogP contribution >= 0.6 is 0 Å².